The van der Waals surface area contributed by atoms with Crippen LogP contribution in [-0.2, 0) is 20.9 Å². The van der Waals surface area contributed by atoms with Gasteiger partial charge in [0.1, 0.15) is 0 Å². The average molecular weight is 409 g/mol. The van der Waals surface area contributed by atoms with Gasteiger partial charge in [-0.2, -0.15) is 0 Å². The van der Waals surface area contributed by atoms with Crippen molar-refractivity contribution < 1.29 is 20.9 Å². The van der Waals surface area contributed by atoms with Crippen LogP contribution in [0.5, 0.6) is 0 Å². The molecule has 0 radical (unpaired) electrons. The van der Waals surface area contributed by atoms with Gasteiger partial charge in [-0.1, -0.05) is 0 Å². The fourth-order valence-electron chi connectivity index (χ4n) is 4.68. The zero-order chi connectivity index (χ0) is 16.8. The second-order valence-corrected chi connectivity index (χ2v) is 27.6. The molecule has 0 fully saturated rings. The maximum absolute atomic E-state index is 2.62. The van der Waals surface area contributed by atoms with Gasteiger partial charge in [0, 0.05) is 0 Å². The van der Waals surface area contributed by atoms with Crippen molar-refractivity contribution in [2.24, 2.45) is 0 Å². The van der Waals surface area contributed by atoms with Gasteiger partial charge in [0.15, 0.2) is 0 Å². The van der Waals surface area contributed by atoms with Gasteiger partial charge >= 0.3 is 155 Å². The first kappa shape index (κ1) is 16.5. The summed E-state index contributed by atoms with van der Waals surface area (Å²) in [6.07, 6.45) is 4.94. The summed E-state index contributed by atoms with van der Waals surface area (Å²) in [5, 5.41) is 0. The Kier molecular flexibility index (Phi) is 4.39. The quantitative estimate of drug-likeness (QED) is 0.554. The first-order chi connectivity index (χ1) is 11.6. The molecule has 0 bridgehead atoms. The number of benzene rings is 2. The van der Waals surface area contributed by atoms with Crippen molar-refractivity contribution in [1.29, 1.82) is 0 Å². The third-order valence-electron chi connectivity index (χ3n) is 5.62. The van der Waals surface area contributed by atoms with Gasteiger partial charge in [0.05, 0.1) is 0 Å². The Hall–Kier alpha value is -0.980. The zero-order valence-electron chi connectivity index (χ0n) is 15.0. The fourth-order valence-corrected chi connectivity index (χ4v) is 27.9. The standard InChI is InChI=1S/2C10H9.C2H7Si.Zr/c2*1-8-6-9-4-2-3-5-10(9)7-8;1-3-2;/h2*2-7H,1H3;3H,1-2H3;. The Labute approximate surface area is 154 Å². The summed E-state index contributed by atoms with van der Waals surface area (Å²) in [5.41, 5.74) is 9.54. The molecule has 0 nitrogen and oxygen atoms in total. The van der Waals surface area contributed by atoms with Crippen LogP contribution in [0.15, 0.2) is 59.7 Å². The van der Waals surface area contributed by atoms with Crippen LogP contribution < -0.4 is 0 Å². The minimum atomic E-state index is -1.72. The molecule has 0 aliphatic heterocycles. The number of hydrogen-bond donors (Lipinski definition) is 0. The van der Waals surface area contributed by atoms with E-state index in [1.165, 1.54) is 11.1 Å². The van der Waals surface area contributed by atoms with Gasteiger partial charge in [0.25, 0.3) is 0 Å². The molecule has 0 saturated carbocycles. The van der Waals surface area contributed by atoms with E-state index in [0.717, 1.165) is 7.25 Å². The fraction of sp³-hybridized carbons (Fsp3) is 0.273. The van der Waals surface area contributed by atoms with Gasteiger partial charge in [-0.3, -0.25) is 0 Å². The van der Waals surface area contributed by atoms with Crippen molar-refractivity contribution in [2.75, 3.05) is 0 Å². The van der Waals surface area contributed by atoms with Crippen LogP contribution in [0.1, 0.15) is 43.4 Å². The first-order valence-electron chi connectivity index (χ1n) is 8.98. The van der Waals surface area contributed by atoms with E-state index in [2.05, 4.69) is 87.6 Å². The Bertz CT molecular complexity index is 779. The van der Waals surface area contributed by atoms with E-state index in [9.17, 15) is 0 Å². The van der Waals surface area contributed by atoms with Crippen molar-refractivity contribution >= 4 is 18.1 Å². The van der Waals surface area contributed by atoms with Crippen LogP contribution >= 0.6 is 0 Å². The van der Waals surface area contributed by atoms with E-state index in [0.29, 0.717) is 0 Å². The van der Waals surface area contributed by atoms with Crippen LogP contribution in [0.25, 0.3) is 12.2 Å². The van der Waals surface area contributed by atoms with Gasteiger partial charge in [-0.15, -0.1) is 0 Å². The van der Waals surface area contributed by atoms with Crippen molar-refractivity contribution in [3.05, 3.63) is 81.9 Å². The molecule has 2 unspecified atom stereocenters. The van der Waals surface area contributed by atoms with E-state index in [1.54, 1.807) is 22.3 Å². The zero-order valence-corrected chi connectivity index (χ0v) is 18.6. The molecule has 0 spiro atoms. The predicted octanol–water partition coefficient (Wildman–Crippen LogP) is 5.90. The summed E-state index contributed by atoms with van der Waals surface area (Å²) in [6.45, 7) is 10.0. The summed E-state index contributed by atoms with van der Waals surface area (Å²) in [7, 11) is 0. The molecule has 0 saturated heterocycles. The Morgan fingerprint density at radius 3 is 1.54 bits per heavy atom. The molecule has 2 atom stereocenters. The van der Waals surface area contributed by atoms with Gasteiger partial charge in [-0.25, -0.2) is 0 Å². The molecular weight excluding hydrogens is 384 g/mol. The average Bonchev–Trinajstić information content (AvgIpc) is 3.05. The Morgan fingerprint density at radius 1 is 0.708 bits per heavy atom. The monoisotopic (exact) mass is 407 g/mol. The van der Waals surface area contributed by atoms with Crippen molar-refractivity contribution in [1.82, 2.24) is 0 Å². The molecule has 0 aromatic heterocycles. The Morgan fingerprint density at radius 2 is 1.12 bits per heavy atom. The predicted molar refractivity (Wildman–Crippen MR) is 105 cm³/mol. The summed E-state index contributed by atoms with van der Waals surface area (Å²) in [4.78, 5) is 0. The van der Waals surface area contributed by atoms with E-state index in [1.807, 2.05) is 0 Å². The van der Waals surface area contributed by atoms with E-state index >= 15 is 0 Å². The molecule has 0 heterocycles. The number of allylic oxidation sites excluding steroid dienone is 2. The van der Waals surface area contributed by atoms with E-state index < -0.39 is 26.8 Å². The van der Waals surface area contributed by atoms with Crippen LogP contribution in [0.4, 0.5) is 0 Å². The number of rotatable bonds is 3. The van der Waals surface area contributed by atoms with Crippen LogP contribution in [-0.4, -0.2) is 5.92 Å². The van der Waals surface area contributed by atoms with Gasteiger partial charge < -0.3 is 0 Å². The molecule has 0 amide bonds. The second-order valence-electron chi connectivity index (χ2n) is 7.56. The van der Waals surface area contributed by atoms with Crippen LogP contribution in [0, 0.1) is 0 Å². The molecule has 2 aromatic rings. The summed E-state index contributed by atoms with van der Waals surface area (Å²) >= 11 is -1.72. The van der Waals surface area contributed by atoms with Crippen LogP contribution in [0.3, 0.4) is 0 Å². The topological polar surface area (TPSA) is 0 Å². The van der Waals surface area contributed by atoms with E-state index in [4.69, 9.17) is 0 Å². The van der Waals surface area contributed by atoms with Crippen molar-refractivity contribution in [3.8, 4) is 0 Å². The van der Waals surface area contributed by atoms with E-state index in [-0.39, 0.29) is 0 Å². The third-order valence-corrected chi connectivity index (χ3v) is 27.8. The molecule has 0 N–H and O–H groups in total. The molecule has 4 rings (SSSR count). The van der Waals surface area contributed by atoms with Gasteiger partial charge in [0.2, 0.25) is 0 Å². The minimum absolute atomic E-state index is 0.671. The molecular formula is C22H25SiZr. The molecule has 2 aromatic carbocycles. The summed E-state index contributed by atoms with van der Waals surface area (Å²) < 4.78 is 1.57. The molecule has 24 heavy (non-hydrogen) atoms. The van der Waals surface area contributed by atoms with Crippen molar-refractivity contribution in [3.63, 3.8) is 0 Å². The second kappa shape index (κ2) is 6.39. The Balaban J connectivity index is 1.83. The number of hydrogen-bond acceptors (Lipinski definition) is 0. The van der Waals surface area contributed by atoms with Crippen molar-refractivity contribution in [2.45, 2.75) is 34.2 Å². The molecule has 2 aliphatic rings. The normalized spacial score (nSPS) is 21.4. The SMILES string of the molecule is CC1=Cc2ccccc2[CH]1[Zr]([CH]1C(C)=Cc2ccccc21)[SiH](C)C. The molecule has 2 aliphatic carbocycles. The molecule has 121 valence electrons. The maximum atomic E-state index is 2.62. The third kappa shape index (κ3) is 2.59. The number of fused-ring (bicyclic) bond motifs is 2. The summed E-state index contributed by atoms with van der Waals surface area (Å²) in [5.74, 6) is -0.671. The summed E-state index contributed by atoms with van der Waals surface area (Å²) in [6, 6.07) is 18.3. The first-order valence-corrected chi connectivity index (χ1v) is 19.0. The van der Waals surface area contributed by atoms with Gasteiger partial charge in [-0.05, 0) is 0 Å². The van der Waals surface area contributed by atoms with Crippen LogP contribution in [0.2, 0.25) is 13.1 Å². The molecule has 2 heteroatoms.